The van der Waals surface area contributed by atoms with Crippen molar-refractivity contribution in [3.8, 4) is 0 Å². The highest BCUT2D eigenvalue weighted by Gasteiger charge is 2.25. The molecule has 0 aliphatic heterocycles. The number of para-hydroxylation sites is 1. The molecule has 0 saturated carbocycles. The molecule has 0 bridgehead atoms. The number of nitrogens with one attached hydrogen (secondary N) is 1. The lowest BCUT2D eigenvalue weighted by molar-refractivity contribution is 0.390. The van der Waals surface area contributed by atoms with Gasteiger partial charge >= 0.3 is 0 Å². The number of hydrogen-bond donors (Lipinski definition) is 1. The smallest absolute Gasteiger partial charge is 0.267 e. The molecular formula is C15H16N4O3S2. The van der Waals surface area contributed by atoms with Crippen LogP contribution in [0, 0.1) is 13.8 Å². The molecule has 0 fully saturated rings. The highest BCUT2D eigenvalue weighted by Crippen LogP contribution is 2.33. The number of sulfonamides is 1. The summed E-state index contributed by atoms with van der Waals surface area (Å²) < 4.78 is 34.8. The SMILES string of the molecule is Cc1noc(C)c1S(=O)(=O)Nc1ccccc1Sc1nccn1C. The number of benzene rings is 1. The van der Waals surface area contributed by atoms with E-state index < -0.39 is 10.0 Å². The van der Waals surface area contributed by atoms with E-state index in [1.54, 1.807) is 32.2 Å². The zero-order valence-electron chi connectivity index (χ0n) is 13.3. The third-order valence-corrected chi connectivity index (χ3v) is 6.11. The highest BCUT2D eigenvalue weighted by molar-refractivity contribution is 7.99. The third-order valence-electron chi connectivity index (χ3n) is 3.35. The van der Waals surface area contributed by atoms with Crippen molar-refractivity contribution in [3.63, 3.8) is 0 Å². The van der Waals surface area contributed by atoms with E-state index in [2.05, 4.69) is 14.9 Å². The maximum absolute atomic E-state index is 12.7. The molecule has 0 aliphatic carbocycles. The van der Waals surface area contributed by atoms with Gasteiger partial charge in [-0.3, -0.25) is 4.72 Å². The summed E-state index contributed by atoms with van der Waals surface area (Å²) in [6.07, 6.45) is 3.53. The van der Waals surface area contributed by atoms with Crippen LogP contribution in [-0.4, -0.2) is 23.1 Å². The molecule has 0 atom stereocenters. The Hall–Kier alpha value is -2.26. The zero-order chi connectivity index (χ0) is 17.3. The molecule has 0 spiro atoms. The van der Waals surface area contributed by atoms with Gasteiger partial charge in [0.2, 0.25) is 0 Å². The van der Waals surface area contributed by atoms with Crippen LogP contribution in [0.1, 0.15) is 11.5 Å². The summed E-state index contributed by atoms with van der Waals surface area (Å²) in [6.45, 7) is 3.17. The quantitative estimate of drug-likeness (QED) is 0.748. The van der Waals surface area contributed by atoms with E-state index >= 15 is 0 Å². The summed E-state index contributed by atoms with van der Waals surface area (Å²) in [5.74, 6) is 0.259. The van der Waals surface area contributed by atoms with E-state index in [0.717, 1.165) is 10.1 Å². The second-order valence-electron chi connectivity index (χ2n) is 5.18. The monoisotopic (exact) mass is 364 g/mol. The maximum Gasteiger partial charge on any atom is 0.267 e. The van der Waals surface area contributed by atoms with Crippen molar-refractivity contribution in [2.45, 2.75) is 28.8 Å². The lowest BCUT2D eigenvalue weighted by Gasteiger charge is -2.12. The summed E-state index contributed by atoms with van der Waals surface area (Å²) in [5.41, 5.74) is 0.805. The molecule has 126 valence electrons. The molecular weight excluding hydrogens is 348 g/mol. The van der Waals surface area contributed by atoms with Gasteiger partial charge in [-0.05, 0) is 37.7 Å². The van der Waals surface area contributed by atoms with Gasteiger partial charge in [-0.2, -0.15) is 0 Å². The average Bonchev–Trinajstić information content (AvgIpc) is 3.07. The van der Waals surface area contributed by atoms with E-state index in [0.29, 0.717) is 11.4 Å². The molecule has 3 rings (SSSR count). The Morgan fingerprint density at radius 2 is 2.00 bits per heavy atom. The molecule has 0 amide bonds. The van der Waals surface area contributed by atoms with Crippen LogP contribution in [0.5, 0.6) is 0 Å². The van der Waals surface area contributed by atoms with Crippen molar-refractivity contribution in [2.75, 3.05) is 4.72 Å². The number of imidazole rings is 1. The van der Waals surface area contributed by atoms with E-state index in [-0.39, 0.29) is 10.7 Å². The van der Waals surface area contributed by atoms with Crippen molar-refractivity contribution < 1.29 is 12.9 Å². The van der Waals surface area contributed by atoms with Crippen LogP contribution in [0.25, 0.3) is 0 Å². The number of aromatic nitrogens is 3. The van der Waals surface area contributed by atoms with Gasteiger partial charge in [-0.15, -0.1) is 0 Å². The van der Waals surface area contributed by atoms with Crippen LogP contribution < -0.4 is 4.72 Å². The number of aryl methyl sites for hydroxylation is 3. The molecule has 3 aromatic rings. The minimum Gasteiger partial charge on any atom is -0.360 e. The lowest BCUT2D eigenvalue weighted by Crippen LogP contribution is -2.15. The third kappa shape index (κ3) is 3.17. The van der Waals surface area contributed by atoms with Crippen molar-refractivity contribution in [1.29, 1.82) is 0 Å². The fourth-order valence-electron chi connectivity index (χ4n) is 2.24. The second-order valence-corrected chi connectivity index (χ2v) is 7.81. The Morgan fingerprint density at radius 3 is 2.62 bits per heavy atom. The van der Waals surface area contributed by atoms with Gasteiger partial charge in [-0.25, -0.2) is 13.4 Å². The number of rotatable bonds is 5. The molecule has 0 unspecified atom stereocenters. The molecule has 0 aliphatic rings. The Kier molecular flexibility index (Phi) is 4.37. The number of anilines is 1. The van der Waals surface area contributed by atoms with Crippen LogP contribution in [0.4, 0.5) is 5.69 Å². The van der Waals surface area contributed by atoms with Crippen LogP contribution in [0.2, 0.25) is 0 Å². The summed E-state index contributed by atoms with van der Waals surface area (Å²) in [7, 11) is -1.91. The fraction of sp³-hybridized carbons (Fsp3) is 0.200. The van der Waals surface area contributed by atoms with Crippen molar-refractivity contribution in [1.82, 2.24) is 14.7 Å². The van der Waals surface area contributed by atoms with Crippen LogP contribution in [0.3, 0.4) is 0 Å². The normalized spacial score (nSPS) is 11.6. The standard InChI is InChI=1S/C15H16N4O3S2/c1-10-14(11(2)22-17-10)24(20,21)18-12-6-4-5-7-13(12)23-15-16-8-9-19(15)3/h4-9,18H,1-3H3. The molecule has 9 heteroatoms. The van der Waals surface area contributed by atoms with E-state index in [1.807, 2.05) is 29.9 Å². The number of hydrogen-bond acceptors (Lipinski definition) is 6. The van der Waals surface area contributed by atoms with Crippen molar-refractivity contribution >= 4 is 27.5 Å². The first-order valence-electron chi connectivity index (χ1n) is 7.08. The Bertz CT molecular complexity index is 957. The predicted molar refractivity (Wildman–Crippen MR) is 90.6 cm³/mol. The summed E-state index contributed by atoms with van der Waals surface area (Å²) in [4.78, 5) is 5.07. The summed E-state index contributed by atoms with van der Waals surface area (Å²) >= 11 is 1.38. The van der Waals surface area contributed by atoms with Gasteiger partial charge in [0.05, 0.1) is 5.69 Å². The van der Waals surface area contributed by atoms with Gasteiger partial charge in [0.25, 0.3) is 10.0 Å². The second kappa shape index (κ2) is 6.33. The summed E-state index contributed by atoms with van der Waals surface area (Å²) in [6, 6.07) is 7.16. The van der Waals surface area contributed by atoms with Crippen LogP contribution in [0.15, 0.2) is 56.1 Å². The summed E-state index contributed by atoms with van der Waals surface area (Å²) in [5, 5.41) is 4.47. The largest absolute Gasteiger partial charge is 0.360 e. The minimum atomic E-state index is -3.79. The van der Waals surface area contributed by atoms with Gasteiger partial charge in [0.15, 0.2) is 15.8 Å². The number of nitrogens with zero attached hydrogens (tertiary/aromatic N) is 3. The van der Waals surface area contributed by atoms with Gasteiger partial charge in [-0.1, -0.05) is 17.3 Å². The van der Waals surface area contributed by atoms with Crippen LogP contribution >= 0.6 is 11.8 Å². The van der Waals surface area contributed by atoms with Gasteiger partial charge in [0.1, 0.15) is 5.69 Å². The molecule has 2 aromatic heterocycles. The Labute approximate surface area is 144 Å². The maximum atomic E-state index is 12.7. The molecule has 0 radical (unpaired) electrons. The van der Waals surface area contributed by atoms with E-state index in [9.17, 15) is 8.42 Å². The van der Waals surface area contributed by atoms with E-state index in [4.69, 9.17) is 4.52 Å². The highest BCUT2D eigenvalue weighted by atomic mass is 32.2. The van der Waals surface area contributed by atoms with Crippen LogP contribution in [-0.2, 0) is 17.1 Å². The molecule has 1 aromatic carbocycles. The lowest BCUT2D eigenvalue weighted by atomic mass is 10.3. The minimum absolute atomic E-state index is 0.0688. The first-order chi connectivity index (χ1) is 11.4. The fourth-order valence-corrected chi connectivity index (χ4v) is 4.61. The first kappa shape index (κ1) is 16.6. The molecule has 0 saturated heterocycles. The molecule has 2 heterocycles. The molecule has 1 N–H and O–H groups in total. The zero-order valence-corrected chi connectivity index (χ0v) is 15.0. The van der Waals surface area contributed by atoms with Gasteiger partial charge < -0.3 is 9.09 Å². The topological polar surface area (TPSA) is 90.0 Å². The van der Waals surface area contributed by atoms with Crippen molar-refractivity contribution in [2.24, 2.45) is 7.05 Å². The average molecular weight is 364 g/mol. The van der Waals surface area contributed by atoms with Gasteiger partial charge in [0, 0.05) is 24.3 Å². The predicted octanol–water partition coefficient (Wildman–Crippen LogP) is 2.98. The van der Waals surface area contributed by atoms with E-state index in [1.165, 1.54) is 11.8 Å². The molecule has 7 nitrogen and oxygen atoms in total. The molecule has 24 heavy (non-hydrogen) atoms. The van der Waals surface area contributed by atoms with Crippen molar-refractivity contribution in [3.05, 3.63) is 48.1 Å². The Morgan fingerprint density at radius 1 is 1.25 bits per heavy atom. The first-order valence-corrected chi connectivity index (χ1v) is 9.38. The Balaban J connectivity index is 1.95.